The van der Waals surface area contributed by atoms with E-state index >= 15 is 0 Å². The zero-order chi connectivity index (χ0) is 13.3. The van der Waals surface area contributed by atoms with Crippen molar-refractivity contribution in [1.82, 2.24) is 9.80 Å². The number of nitrogens with zero attached hydrogens (tertiary/aromatic N) is 2. The van der Waals surface area contributed by atoms with Crippen LogP contribution in [0.1, 0.15) is 6.42 Å². The van der Waals surface area contributed by atoms with Gasteiger partial charge in [0.25, 0.3) is 0 Å². The second kappa shape index (κ2) is 9.01. The summed E-state index contributed by atoms with van der Waals surface area (Å²) in [5.41, 5.74) is 0. The minimum absolute atomic E-state index is 0.864. The van der Waals surface area contributed by atoms with Gasteiger partial charge in [-0.05, 0) is 34.1 Å². The molecule has 0 bridgehead atoms. The fraction of sp³-hybridized carbons (Fsp3) is 1.00. The summed E-state index contributed by atoms with van der Waals surface area (Å²) in [6, 6.07) is 0.864. The van der Waals surface area contributed by atoms with E-state index in [1.807, 2.05) is 0 Å². The molecule has 0 aromatic rings. The van der Waals surface area contributed by atoms with Crippen molar-refractivity contribution in [2.75, 3.05) is 62.1 Å². The fourth-order valence-electron chi connectivity index (χ4n) is 1.60. The highest BCUT2D eigenvalue weighted by atomic mass is 28.4. The summed E-state index contributed by atoms with van der Waals surface area (Å²) >= 11 is 0. The highest BCUT2D eigenvalue weighted by Crippen LogP contribution is 2.14. The number of hydrogen-bond acceptors (Lipinski definition) is 5. The molecule has 0 unspecified atom stereocenters. The molecule has 0 fully saturated rings. The minimum Gasteiger partial charge on any atom is -0.377 e. The Bertz CT molecular complexity index is 181. The molecule has 0 rings (SSSR count). The van der Waals surface area contributed by atoms with Crippen LogP contribution in [-0.4, -0.2) is 80.7 Å². The topological polar surface area (TPSA) is 34.2 Å². The Morgan fingerprint density at radius 1 is 0.824 bits per heavy atom. The summed E-state index contributed by atoms with van der Waals surface area (Å²) in [5, 5.41) is 0. The highest BCUT2D eigenvalue weighted by Gasteiger charge is 2.36. The van der Waals surface area contributed by atoms with Crippen molar-refractivity contribution in [3.8, 4) is 0 Å². The second-order valence-electron chi connectivity index (χ2n) is 4.51. The van der Waals surface area contributed by atoms with Crippen LogP contribution in [0, 0.1) is 0 Å². The molecule has 0 saturated carbocycles. The van der Waals surface area contributed by atoms with Gasteiger partial charge >= 0.3 is 8.80 Å². The molecule has 0 saturated heterocycles. The molecule has 0 aliphatic heterocycles. The van der Waals surface area contributed by atoms with Crippen molar-refractivity contribution in [2.24, 2.45) is 0 Å². The van der Waals surface area contributed by atoms with E-state index in [9.17, 15) is 0 Å². The molecule has 104 valence electrons. The molecule has 0 aliphatic carbocycles. The molecular weight excluding hydrogens is 236 g/mol. The van der Waals surface area contributed by atoms with E-state index < -0.39 is 8.80 Å². The van der Waals surface area contributed by atoms with E-state index in [4.69, 9.17) is 13.3 Å². The Balaban J connectivity index is 3.80. The van der Waals surface area contributed by atoms with Gasteiger partial charge in [0.15, 0.2) is 0 Å². The van der Waals surface area contributed by atoms with Crippen LogP contribution in [0.15, 0.2) is 0 Å². The molecule has 0 N–H and O–H groups in total. The molecular formula is C11H28N2O3Si. The Hall–Kier alpha value is 0.0169. The van der Waals surface area contributed by atoms with Gasteiger partial charge in [-0.25, -0.2) is 0 Å². The van der Waals surface area contributed by atoms with Gasteiger partial charge in [-0.2, -0.15) is 0 Å². The third-order valence-electron chi connectivity index (χ3n) is 2.88. The molecule has 0 radical (unpaired) electrons. The SMILES string of the molecule is CO[Si](CCCN(C)CCN(C)C)(OC)OC. The van der Waals surface area contributed by atoms with Crippen molar-refractivity contribution in [3.63, 3.8) is 0 Å². The van der Waals surface area contributed by atoms with Gasteiger partial charge in [0.2, 0.25) is 0 Å². The monoisotopic (exact) mass is 264 g/mol. The van der Waals surface area contributed by atoms with Crippen LogP contribution < -0.4 is 0 Å². The summed E-state index contributed by atoms with van der Waals surface area (Å²) < 4.78 is 16.2. The summed E-state index contributed by atoms with van der Waals surface area (Å²) in [4.78, 5) is 4.51. The van der Waals surface area contributed by atoms with Crippen molar-refractivity contribution >= 4 is 8.80 Å². The third-order valence-corrected chi connectivity index (χ3v) is 5.72. The van der Waals surface area contributed by atoms with Crippen molar-refractivity contribution in [2.45, 2.75) is 12.5 Å². The first-order valence-corrected chi connectivity index (χ1v) is 7.91. The number of hydrogen-bond donors (Lipinski definition) is 0. The predicted molar refractivity (Wildman–Crippen MR) is 72.3 cm³/mol. The normalized spacial score (nSPS) is 12.7. The lowest BCUT2D eigenvalue weighted by molar-refractivity contribution is 0.121. The van der Waals surface area contributed by atoms with Gasteiger partial charge < -0.3 is 23.1 Å². The lowest BCUT2D eigenvalue weighted by Gasteiger charge is -2.25. The molecule has 0 atom stereocenters. The molecule has 0 aromatic heterocycles. The third kappa shape index (κ3) is 7.12. The number of rotatable bonds is 10. The van der Waals surface area contributed by atoms with E-state index in [-0.39, 0.29) is 0 Å². The van der Waals surface area contributed by atoms with Gasteiger partial charge in [-0.1, -0.05) is 0 Å². The zero-order valence-corrected chi connectivity index (χ0v) is 13.2. The van der Waals surface area contributed by atoms with Crippen LogP contribution in [0.2, 0.25) is 6.04 Å². The van der Waals surface area contributed by atoms with Gasteiger partial charge in [-0.3, -0.25) is 0 Å². The Kier molecular flexibility index (Phi) is 9.02. The highest BCUT2D eigenvalue weighted by molar-refractivity contribution is 6.60. The fourth-order valence-corrected chi connectivity index (χ4v) is 3.31. The molecule has 6 heteroatoms. The Morgan fingerprint density at radius 3 is 1.76 bits per heavy atom. The van der Waals surface area contributed by atoms with E-state index in [2.05, 4.69) is 30.9 Å². The Labute approximate surface area is 107 Å². The minimum atomic E-state index is -2.37. The molecule has 0 aromatic carbocycles. The molecule has 0 aliphatic rings. The second-order valence-corrected chi connectivity index (χ2v) is 7.60. The summed E-state index contributed by atoms with van der Waals surface area (Å²) in [7, 11) is 8.94. The van der Waals surface area contributed by atoms with Gasteiger partial charge in [0.1, 0.15) is 0 Å². The molecule has 5 nitrogen and oxygen atoms in total. The molecule has 0 spiro atoms. The first kappa shape index (κ1) is 17.0. The van der Waals surface area contributed by atoms with Crippen molar-refractivity contribution in [1.29, 1.82) is 0 Å². The van der Waals surface area contributed by atoms with Gasteiger partial charge in [0, 0.05) is 40.5 Å². The van der Waals surface area contributed by atoms with Crippen LogP contribution in [0.3, 0.4) is 0 Å². The average molecular weight is 264 g/mol. The molecule has 0 heterocycles. The lowest BCUT2D eigenvalue weighted by Crippen LogP contribution is -2.43. The van der Waals surface area contributed by atoms with Crippen LogP contribution in [0.25, 0.3) is 0 Å². The Morgan fingerprint density at radius 2 is 1.35 bits per heavy atom. The average Bonchev–Trinajstić information content (AvgIpc) is 2.33. The van der Waals surface area contributed by atoms with E-state index in [0.717, 1.165) is 32.1 Å². The molecule has 17 heavy (non-hydrogen) atoms. The van der Waals surface area contributed by atoms with Crippen molar-refractivity contribution in [3.05, 3.63) is 0 Å². The zero-order valence-electron chi connectivity index (χ0n) is 12.2. The maximum absolute atomic E-state index is 5.38. The smallest absolute Gasteiger partial charge is 0.377 e. The van der Waals surface area contributed by atoms with Crippen molar-refractivity contribution < 1.29 is 13.3 Å². The van der Waals surface area contributed by atoms with Crippen LogP contribution in [-0.2, 0) is 13.3 Å². The summed E-state index contributed by atoms with van der Waals surface area (Å²) in [6.07, 6.45) is 1.03. The van der Waals surface area contributed by atoms with Gasteiger partial charge in [0.05, 0.1) is 0 Å². The maximum atomic E-state index is 5.38. The quantitative estimate of drug-likeness (QED) is 0.544. The standard InChI is InChI=1S/C11H28N2O3Si/c1-12(2)9-10-13(3)8-7-11-17(14-4,15-5)16-6/h7-11H2,1-6H3. The number of likely N-dealkylation sites (N-methyl/N-ethyl adjacent to an activating group) is 2. The van der Waals surface area contributed by atoms with Crippen LogP contribution >= 0.6 is 0 Å². The first-order valence-electron chi connectivity index (χ1n) is 5.98. The largest absolute Gasteiger partial charge is 0.500 e. The first-order chi connectivity index (χ1) is 7.99. The predicted octanol–water partition coefficient (Wildman–Crippen LogP) is 0.748. The maximum Gasteiger partial charge on any atom is 0.500 e. The van der Waals surface area contributed by atoms with Crippen LogP contribution in [0.4, 0.5) is 0 Å². The molecule has 0 amide bonds. The summed E-state index contributed by atoms with van der Waals surface area (Å²) in [5.74, 6) is 0. The van der Waals surface area contributed by atoms with Gasteiger partial charge in [-0.15, -0.1) is 0 Å². The van der Waals surface area contributed by atoms with E-state index in [0.29, 0.717) is 0 Å². The van der Waals surface area contributed by atoms with Crippen LogP contribution in [0.5, 0.6) is 0 Å². The van der Waals surface area contributed by atoms with E-state index in [1.165, 1.54) is 0 Å². The van der Waals surface area contributed by atoms with E-state index in [1.54, 1.807) is 21.3 Å². The summed E-state index contributed by atoms with van der Waals surface area (Å²) in [6.45, 7) is 3.20. The lowest BCUT2D eigenvalue weighted by atomic mass is 10.4.